The molecule has 1 aliphatic carbocycles. The molecule has 32 heavy (non-hydrogen) atoms. The molecule has 0 unspecified atom stereocenters. The van der Waals surface area contributed by atoms with Crippen LogP contribution in [0.2, 0.25) is 0 Å². The lowest BCUT2D eigenvalue weighted by Gasteiger charge is -2.26. The number of hydrogen-bond acceptors (Lipinski definition) is 5. The Hall–Kier alpha value is -2.94. The maximum absolute atomic E-state index is 12.9. The number of nitrogens with zero attached hydrogens (tertiary/aromatic N) is 2. The summed E-state index contributed by atoms with van der Waals surface area (Å²) >= 11 is 0. The lowest BCUT2D eigenvalue weighted by molar-refractivity contribution is -0.384. The number of rotatable bonds is 8. The van der Waals surface area contributed by atoms with E-state index in [-0.39, 0.29) is 17.4 Å². The van der Waals surface area contributed by atoms with Crippen LogP contribution in [0.5, 0.6) is 0 Å². The van der Waals surface area contributed by atoms with Gasteiger partial charge in [-0.3, -0.25) is 19.2 Å². The van der Waals surface area contributed by atoms with Crippen molar-refractivity contribution in [1.82, 2.24) is 5.32 Å². The standard InChI is InChI=1S/C23H29N3O5S/c1-4-21(19-11-10-17-7-5-6-8-18(17)13-19)24-23(27)15-25(32(3,30)31)22-14-20(26(28)29)12-9-16(22)2/h9-14,21H,4-8,15H2,1-3H3,(H,24,27)/t21-/m1/s1. The molecule has 1 aliphatic rings. The highest BCUT2D eigenvalue weighted by atomic mass is 32.2. The molecule has 0 aromatic heterocycles. The van der Waals surface area contributed by atoms with Gasteiger partial charge in [0, 0.05) is 12.1 Å². The van der Waals surface area contributed by atoms with Crippen molar-refractivity contribution < 1.29 is 18.1 Å². The number of nitro groups is 1. The predicted molar refractivity (Wildman–Crippen MR) is 124 cm³/mol. The van der Waals surface area contributed by atoms with Crippen LogP contribution in [-0.2, 0) is 27.7 Å². The van der Waals surface area contributed by atoms with Gasteiger partial charge in [-0.25, -0.2) is 8.42 Å². The number of anilines is 1. The Labute approximate surface area is 188 Å². The number of amides is 1. The van der Waals surface area contributed by atoms with Crippen molar-refractivity contribution in [2.45, 2.75) is 52.0 Å². The van der Waals surface area contributed by atoms with Crippen LogP contribution in [0.4, 0.5) is 11.4 Å². The van der Waals surface area contributed by atoms with Gasteiger partial charge < -0.3 is 5.32 Å². The third-order valence-corrected chi connectivity index (χ3v) is 7.00. The SMILES string of the molecule is CC[C@@H](NC(=O)CN(c1cc([N+](=O)[O-])ccc1C)S(C)(=O)=O)c1ccc2c(c1)CCCC2. The summed E-state index contributed by atoms with van der Waals surface area (Å²) in [5.74, 6) is -0.467. The highest BCUT2D eigenvalue weighted by Gasteiger charge is 2.25. The lowest BCUT2D eigenvalue weighted by atomic mass is 9.89. The molecule has 0 saturated carbocycles. The van der Waals surface area contributed by atoms with Crippen molar-refractivity contribution in [3.63, 3.8) is 0 Å². The Morgan fingerprint density at radius 3 is 2.47 bits per heavy atom. The molecule has 0 aliphatic heterocycles. The van der Waals surface area contributed by atoms with Gasteiger partial charge >= 0.3 is 0 Å². The van der Waals surface area contributed by atoms with Crippen LogP contribution in [0.1, 0.15) is 54.5 Å². The van der Waals surface area contributed by atoms with Crippen molar-refractivity contribution in [3.8, 4) is 0 Å². The van der Waals surface area contributed by atoms with Gasteiger partial charge in [0.25, 0.3) is 5.69 Å². The molecule has 0 saturated heterocycles. The largest absolute Gasteiger partial charge is 0.348 e. The van der Waals surface area contributed by atoms with E-state index in [2.05, 4.69) is 17.4 Å². The van der Waals surface area contributed by atoms with E-state index in [4.69, 9.17) is 0 Å². The summed E-state index contributed by atoms with van der Waals surface area (Å²) in [5.41, 5.74) is 4.07. The zero-order valence-electron chi connectivity index (χ0n) is 18.6. The number of fused-ring (bicyclic) bond motifs is 1. The number of carbonyl (C=O) groups excluding carboxylic acids is 1. The van der Waals surface area contributed by atoms with E-state index in [1.54, 1.807) is 6.92 Å². The number of benzene rings is 2. The molecule has 1 atom stereocenters. The monoisotopic (exact) mass is 459 g/mol. The van der Waals surface area contributed by atoms with Gasteiger partial charge in [-0.1, -0.05) is 31.2 Å². The maximum Gasteiger partial charge on any atom is 0.271 e. The Morgan fingerprint density at radius 1 is 1.16 bits per heavy atom. The first kappa shape index (κ1) is 23.7. The molecule has 1 amide bonds. The van der Waals surface area contributed by atoms with E-state index in [0.29, 0.717) is 12.0 Å². The van der Waals surface area contributed by atoms with Crippen LogP contribution < -0.4 is 9.62 Å². The fourth-order valence-corrected chi connectivity index (χ4v) is 5.03. The third-order valence-electron chi connectivity index (χ3n) is 5.88. The molecule has 0 fully saturated rings. The number of carbonyl (C=O) groups is 1. The molecule has 9 heteroatoms. The van der Waals surface area contributed by atoms with Crippen LogP contribution in [0.3, 0.4) is 0 Å². The molecule has 172 valence electrons. The number of nitrogens with one attached hydrogen (secondary N) is 1. The third kappa shape index (κ3) is 5.45. The number of hydrogen-bond donors (Lipinski definition) is 1. The van der Waals surface area contributed by atoms with Crippen molar-refractivity contribution in [3.05, 3.63) is 68.8 Å². The van der Waals surface area contributed by atoms with Gasteiger partial charge in [-0.2, -0.15) is 0 Å². The van der Waals surface area contributed by atoms with Crippen LogP contribution in [0.25, 0.3) is 0 Å². The molecular formula is C23H29N3O5S. The average molecular weight is 460 g/mol. The minimum Gasteiger partial charge on any atom is -0.348 e. The summed E-state index contributed by atoms with van der Waals surface area (Å²) in [6, 6.07) is 10.0. The van der Waals surface area contributed by atoms with Gasteiger partial charge in [-0.05, 0) is 61.3 Å². The van der Waals surface area contributed by atoms with Gasteiger partial charge in [0.15, 0.2) is 0 Å². The van der Waals surface area contributed by atoms with Crippen LogP contribution in [-0.4, -0.2) is 32.0 Å². The van der Waals surface area contributed by atoms with Crippen LogP contribution in [0.15, 0.2) is 36.4 Å². The Bertz CT molecular complexity index is 1130. The Kier molecular flexibility index (Phi) is 7.18. The number of non-ortho nitro benzene ring substituents is 1. The van der Waals surface area contributed by atoms with Crippen molar-refractivity contribution in [2.24, 2.45) is 0 Å². The van der Waals surface area contributed by atoms with E-state index >= 15 is 0 Å². The first-order valence-corrected chi connectivity index (χ1v) is 12.6. The second kappa shape index (κ2) is 9.68. The van der Waals surface area contributed by atoms with Crippen LogP contribution >= 0.6 is 0 Å². The lowest BCUT2D eigenvalue weighted by Crippen LogP contribution is -2.41. The molecule has 2 aromatic carbocycles. The Balaban J connectivity index is 1.83. The van der Waals surface area contributed by atoms with E-state index in [1.807, 2.05) is 13.0 Å². The van der Waals surface area contributed by atoms with Crippen molar-refractivity contribution >= 4 is 27.3 Å². The zero-order chi connectivity index (χ0) is 23.5. The van der Waals surface area contributed by atoms with Gasteiger partial charge in [0.2, 0.25) is 15.9 Å². The molecule has 2 aromatic rings. The molecule has 0 spiro atoms. The number of aryl methyl sites for hydroxylation is 3. The smallest absolute Gasteiger partial charge is 0.271 e. The summed E-state index contributed by atoms with van der Waals surface area (Å²) in [6.45, 7) is 3.16. The first-order chi connectivity index (χ1) is 15.1. The normalized spacial score (nSPS) is 14.3. The molecule has 3 rings (SSSR count). The molecule has 1 N–H and O–H groups in total. The van der Waals surface area contributed by atoms with E-state index in [0.717, 1.165) is 35.4 Å². The molecule has 0 bridgehead atoms. The minimum absolute atomic E-state index is 0.124. The van der Waals surface area contributed by atoms with E-state index in [9.17, 15) is 23.3 Å². The average Bonchev–Trinajstić information content (AvgIpc) is 2.75. The predicted octanol–water partition coefficient (Wildman–Crippen LogP) is 3.82. The second-order valence-corrected chi connectivity index (χ2v) is 10.2. The summed E-state index contributed by atoms with van der Waals surface area (Å²) in [7, 11) is -3.85. The second-order valence-electron chi connectivity index (χ2n) is 8.26. The zero-order valence-corrected chi connectivity index (χ0v) is 19.4. The summed E-state index contributed by atoms with van der Waals surface area (Å²) in [6.07, 6.45) is 6.09. The molecule has 0 heterocycles. The highest BCUT2D eigenvalue weighted by molar-refractivity contribution is 7.92. The van der Waals surface area contributed by atoms with Gasteiger partial charge in [0.1, 0.15) is 6.54 Å². The minimum atomic E-state index is -3.85. The molecule has 0 radical (unpaired) electrons. The van der Waals surface area contributed by atoms with Crippen molar-refractivity contribution in [1.29, 1.82) is 0 Å². The number of nitro benzene ring substituents is 1. The molecule has 8 nitrogen and oxygen atoms in total. The van der Waals surface area contributed by atoms with E-state index in [1.165, 1.54) is 35.7 Å². The summed E-state index contributed by atoms with van der Waals surface area (Å²) < 4.78 is 25.8. The van der Waals surface area contributed by atoms with Gasteiger partial charge in [-0.15, -0.1) is 0 Å². The van der Waals surface area contributed by atoms with E-state index < -0.39 is 27.4 Å². The summed E-state index contributed by atoms with van der Waals surface area (Å²) in [4.78, 5) is 23.5. The quantitative estimate of drug-likeness (QED) is 0.477. The number of sulfonamides is 1. The van der Waals surface area contributed by atoms with Gasteiger partial charge in [0.05, 0.1) is 22.9 Å². The highest BCUT2D eigenvalue weighted by Crippen LogP contribution is 2.28. The molecular weight excluding hydrogens is 430 g/mol. The fraction of sp³-hybridized carbons (Fsp3) is 0.435. The van der Waals surface area contributed by atoms with Crippen LogP contribution in [0, 0.1) is 17.0 Å². The first-order valence-electron chi connectivity index (χ1n) is 10.7. The maximum atomic E-state index is 12.9. The fourth-order valence-electron chi connectivity index (χ4n) is 4.12. The topological polar surface area (TPSA) is 110 Å². The Morgan fingerprint density at radius 2 is 1.84 bits per heavy atom. The summed E-state index contributed by atoms with van der Waals surface area (Å²) in [5, 5.41) is 14.1. The van der Waals surface area contributed by atoms with Crippen molar-refractivity contribution in [2.75, 3.05) is 17.1 Å².